The highest BCUT2D eigenvalue weighted by Gasteiger charge is 2.25. The number of anilines is 1. The number of aromatic nitrogens is 2. The molecule has 5 heteroatoms. The first-order valence-electron chi connectivity index (χ1n) is 7.09. The van der Waals surface area contributed by atoms with Gasteiger partial charge in [0, 0.05) is 36.6 Å². The number of nitrogens with zero attached hydrogens (tertiary/aromatic N) is 3. The van der Waals surface area contributed by atoms with Crippen LogP contribution in [0, 0.1) is 0 Å². The van der Waals surface area contributed by atoms with Crippen molar-refractivity contribution in [3.63, 3.8) is 0 Å². The summed E-state index contributed by atoms with van der Waals surface area (Å²) in [6.07, 6.45) is 6.77. The van der Waals surface area contributed by atoms with E-state index >= 15 is 0 Å². The van der Waals surface area contributed by atoms with Gasteiger partial charge < -0.3 is 10.6 Å². The van der Waals surface area contributed by atoms with E-state index in [1.165, 1.54) is 12.8 Å². The molecule has 0 saturated heterocycles. The predicted molar refractivity (Wildman–Crippen MR) is 77.2 cm³/mol. The van der Waals surface area contributed by atoms with Crippen molar-refractivity contribution in [3.8, 4) is 0 Å². The monoisotopic (exact) mass is 268 g/mol. The molecule has 18 heavy (non-hydrogen) atoms. The molecule has 1 aliphatic rings. The summed E-state index contributed by atoms with van der Waals surface area (Å²) < 4.78 is 4.45. The van der Waals surface area contributed by atoms with Crippen LogP contribution in [0.3, 0.4) is 0 Å². The minimum Gasteiger partial charge on any atom is -0.344 e. The molecule has 1 heterocycles. The number of rotatable bonds is 5. The van der Waals surface area contributed by atoms with Crippen LogP contribution in [-0.4, -0.2) is 28.0 Å². The first-order valence-corrected chi connectivity index (χ1v) is 7.86. The lowest BCUT2D eigenvalue weighted by atomic mass is 9.91. The van der Waals surface area contributed by atoms with Crippen LogP contribution in [0.25, 0.3) is 0 Å². The van der Waals surface area contributed by atoms with E-state index in [9.17, 15) is 0 Å². The summed E-state index contributed by atoms with van der Waals surface area (Å²) >= 11 is 1.55. The fourth-order valence-electron chi connectivity index (χ4n) is 2.65. The smallest absolute Gasteiger partial charge is 0.205 e. The van der Waals surface area contributed by atoms with Crippen molar-refractivity contribution in [2.24, 2.45) is 5.73 Å². The molecule has 4 nitrogen and oxygen atoms in total. The van der Waals surface area contributed by atoms with Gasteiger partial charge in [0.25, 0.3) is 0 Å². The molecule has 0 amide bonds. The Bertz CT molecular complexity index is 358. The number of hydrogen-bond acceptors (Lipinski definition) is 5. The van der Waals surface area contributed by atoms with Crippen molar-refractivity contribution in [2.45, 2.75) is 64.5 Å². The zero-order chi connectivity index (χ0) is 13.0. The van der Waals surface area contributed by atoms with Gasteiger partial charge in [-0.1, -0.05) is 6.92 Å². The van der Waals surface area contributed by atoms with Gasteiger partial charge in [0.1, 0.15) is 5.82 Å². The van der Waals surface area contributed by atoms with Crippen LogP contribution < -0.4 is 10.6 Å². The van der Waals surface area contributed by atoms with Crippen LogP contribution in [0.5, 0.6) is 0 Å². The van der Waals surface area contributed by atoms with E-state index in [1.54, 1.807) is 11.5 Å². The summed E-state index contributed by atoms with van der Waals surface area (Å²) in [7, 11) is 0. The second-order valence-corrected chi connectivity index (χ2v) is 5.83. The highest BCUT2D eigenvalue weighted by atomic mass is 32.1. The van der Waals surface area contributed by atoms with Gasteiger partial charge in [0.15, 0.2) is 0 Å². The summed E-state index contributed by atoms with van der Waals surface area (Å²) in [5, 5.41) is 1.10. The highest BCUT2D eigenvalue weighted by molar-refractivity contribution is 7.09. The van der Waals surface area contributed by atoms with Gasteiger partial charge in [-0.15, -0.1) is 0 Å². The summed E-state index contributed by atoms with van der Waals surface area (Å²) in [6.45, 7) is 5.39. The molecule has 0 aliphatic heterocycles. The molecular formula is C13H24N4S. The number of nitrogens with two attached hydrogens (primary N) is 1. The topological polar surface area (TPSA) is 55.0 Å². The maximum atomic E-state index is 5.98. The normalized spacial score (nSPS) is 24.2. The summed E-state index contributed by atoms with van der Waals surface area (Å²) in [5.74, 6) is 1.00. The molecule has 0 bridgehead atoms. The molecule has 0 aromatic carbocycles. The molecule has 1 fully saturated rings. The molecule has 0 radical (unpaired) electrons. The summed E-state index contributed by atoms with van der Waals surface area (Å²) in [4.78, 5) is 7.09. The Balaban J connectivity index is 2.02. The molecular weight excluding hydrogens is 244 g/mol. The summed E-state index contributed by atoms with van der Waals surface area (Å²) in [5.41, 5.74) is 5.98. The predicted octanol–water partition coefficient (Wildman–Crippen LogP) is 2.59. The first-order chi connectivity index (χ1) is 8.74. The van der Waals surface area contributed by atoms with Crippen LogP contribution in [0.4, 0.5) is 5.13 Å². The lowest BCUT2D eigenvalue weighted by molar-refractivity contribution is 0.378. The molecule has 1 aromatic heterocycles. The molecule has 1 saturated carbocycles. The lowest BCUT2D eigenvalue weighted by Crippen LogP contribution is -2.40. The Morgan fingerprint density at radius 3 is 2.61 bits per heavy atom. The maximum Gasteiger partial charge on any atom is 0.205 e. The van der Waals surface area contributed by atoms with Gasteiger partial charge in [0.2, 0.25) is 5.13 Å². The molecule has 1 aliphatic carbocycles. The Morgan fingerprint density at radius 1 is 1.28 bits per heavy atom. The SMILES string of the molecule is CCCc1nsc(N(CC)C2CCC(N)CC2)n1. The average molecular weight is 268 g/mol. The van der Waals surface area contributed by atoms with E-state index < -0.39 is 0 Å². The first kappa shape index (κ1) is 13.7. The standard InChI is InChI=1S/C13H24N4S/c1-3-5-12-15-13(18-16-12)17(4-2)11-8-6-10(14)7-9-11/h10-11H,3-9,14H2,1-2H3. The maximum absolute atomic E-state index is 5.98. The van der Waals surface area contributed by atoms with Gasteiger partial charge in [0.05, 0.1) is 0 Å². The van der Waals surface area contributed by atoms with Gasteiger partial charge in [-0.2, -0.15) is 4.37 Å². The van der Waals surface area contributed by atoms with E-state index in [2.05, 4.69) is 28.1 Å². The zero-order valence-corrected chi connectivity index (χ0v) is 12.2. The highest BCUT2D eigenvalue weighted by Crippen LogP contribution is 2.28. The van der Waals surface area contributed by atoms with Gasteiger partial charge in [-0.3, -0.25) is 0 Å². The quantitative estimate of drug-likeness (QED) is 0.892. The molecule has 0 unspecified atom stereocenters. The molecule has 0 atom stereocenters. The van der Waals surface area contributed by atoms with Crippen molar-refractivity contribution < 1.29 is 0 Å². The van der Waals surface area contributed by atoms with E-state index in [4.69, 9.17) is 5.73 Å². The van der Waals surface area contributed by atoms with Crippen molar-refractivity contribution in [1.82, 2.24) is 9.36 Å². The van der Waals surface area contributed by atoms with Gasteiger partial charge >= 0.3 is 0 Å². The second-order valence-electron chi connectivity index (χ2n) is 5.10. The fraction of sp³-hybridized carbons (Fsp3) is 0.846. The van der Waals surface area contributed by atoms with E-state index in [0.717, 1.165) is 43.2 Å². The minimum absolute atomic E-state index is 0.407. The summed E-state index contributed by atoms with van der Waals surface area (Å²) in [6, 6.07) is 1.02. The average Bonchev–Trinajstić information content (AvgIpc) is 2.82. The molecule has 2 N–H and O–H groups in total. The molecule has 102 valence electrons. The zero-order valence-electron chi connectivity index (χ0n) is 11.4. The van der Waals surface area contributed by atoms with Crippen LogP contribution in [0.1, 0.15) is 51.8 Å². The third kappa shape index (κ3) is 3.20. The Labute approximate surface area is 114 Å². The largest absolute Gasteiger partial charge is 0.344 e. The van der Waals surface area contributed by atoms with E-state index in [-0.39, 0.29) is 0 Å². The van der Waals surface area contributed by atoms with Crippen molar-refractivity contribution in [3.05, 3.63) is 5.82 Å². The minimum atomic E-state index is 0.407. The third-order valence-corrected chi connectivity index (χ3v) is 4.49. The Morgan fingerprint density at radius 2 is 2.00 bits per heavy atom. The van der Waals surface area contributed by atoms with Crippen LogP contribution in [0.15, 0.2) is 0 Å². The van der Waals surface area contributed by atoms with Crippen molar-refractivity contribution in [2.75, 3.05) is 11.4 Å². The molecule has 0 spiro atoms. The second kappa shape index (κ2) is 6.48. The number of hydrogen-bond donors (Lipinski definition) is 1. The van der Waals surface area contributed by atoms with E-state index in [1.807, 2.05) is 0 Å². The fourth-order valence-corrected chi connectivity index (χ4v) is 3.50. The van der Waals surface area contributed by atoms with E-state index in [0.29, 0.717) is 12.1 Å². The Hall–Kier alpha value is -0.680. The van der Waals surface area contributed by atoms with Gasteiger partial charge in [-0.25, -0.2) is 4.98 Å². The van der Waals surface area contributed by atoms with Crippen molar-refractivity contribution >= 4 is 16.7 Å². The van der Waals surface area contributed by atoms with Crippen LogP contribution in [-0.2, 0) is 6.42 Å². The van der Waals surface area contributed by atoms with Crippen LogP contribution in [0.2, 0.25) is 0 Å². The number of aryl methyl sites for hydroxylation is 1. The van der Waals surface area contributed by atoms with Gasteiger partial charge in [-0.05, 0) is 39.0 Å². The van der Waals surface area contributed by atoms with Crippen molar-refractivity contribution in [1.29, 1.82) is 0 Å². The lowest BCUT2D eigenvalue weighted by Gasteiger charge is -2.35. The molecule has 1 aromatic rings. The Kier molecular flexibility index (Phi) is 4.95. The third-order valence-electron chi connectivity index (χ3n) is 3.70. The molecule has 2 rings (SSSR count). The van der Waals surface area contributed by atoms with Crippen LogP contribution >= 0.6 is 11.5 Å².